The molecule has 2 heterocycles. The quantitative estimate of drug-likeness (QED) is 0.760. The van der Waals surface area contributed by atoms with E-state index in [0.29, 0.717) is 6.54 Å². The van der Waals surface area contributed by atoms with Crippen LogP contribution < -0.4 is 16.4 Å². The standard InChI is InChI=1S/C14H22N4O2S/c1-10(12-3-2-8-21-12)16-14(20)17-11-4-6-18(7-5-11)9-13(15)19/h2-3,8,10-11H,4-7,9H2,1H3,(H2,15,19)(H2,16,17,20)/t10-/m1/s1. The lowest BCUT2D eigenvalue weighted by Crippen LogP contribution is -2.49. The average molecular weight is 310 g/mol. The first-order chi connectivity index (χ1) is 10.0. The molecule has 6 nitrogen and oxygen atoms in total. The third kappa shape index (κ3) is 5.02. The van der Waals surface area contributed by atoms with Crippen molar-refractivity contribution in [2.45, 2.75) is 31.8 Å². The monoisotopic (exact) mass is 310 g/mol. The zero-order valence-electron chi connectivity index (χ0n) is 12.2. The average Bonchev–Trinajstić information content (AvgIpc) is 2.94. The summed E-state index contributed by atoms with van der Waals surface area (Å²) in [6.45, 7) is 3.85. The highest BCUT2D eigenvalue weighted by Crippen LogP contribution is 2.18. The molecule has 0 bridgehead atoms. The molecule has 21 heavy (non-hydrogen) atoms. The fourth-order valence-electron chi connectivity index (χ4n) is 2.49. The van der Waals surface area contributed by atoms with Gasteiger partial charge in [0, 0.05) is 24.0 Å². The summed E-state index contributed by atoms with van der Waals surface area (Å²) in [5.41, 5.74) is 5.18. The fraction of sp³-hybridized carbons (Fsp3) is 0.571. The summed E-state index contributed by atoms with van der Waals surface area (Å²) in [5, 5.41) is 7.94. The van der Waals surface area contributed by atoms with Crippen LogP contribution in [0.1, 0.15) is 30.7 Å². The Balaban J connectivity index is 1.71. The minimum absolute atomic E-state index is 0.0138. The van der Waals surface area contributed by atoms with Crippen LogP contribution in [0.2, 0.25) is 0 Å². The second-order valence-electron chi connectivity index (χ2n) is 5.37. The van der Waals surface area contributed by atoms with Crippen molar-refractivity contribution < 1.29 is 9.59 Å². The highest BCUT2D eigenvalue weighted by molar-refractivity contribution is 7.10. The molecule has 1 fully saturated rings. The van der Waals surface area contributed by atoms with Crippen LogP contribution in [0.15, 0.2) is 17.5 Å². The Labute approximate surface area is 128 Å². The number of thiophene rings is 1. The molecule has 0 radical (unpaired) electrons. The van der Waals surface area contributed by atoms with Crippen molar-refractivity contribution in [3.63, 3.8) is 0 Å². The van der Waals surface area contributed by atoms with E-state index in [-0.39, 0.29) is 24.0 Å². The first-order valence-corrected chi connectivity index (χ1v) is 8.03. The minimum atomic E-state index is -0.302. The van der Waals surface area contributed by atoms with E-state index >= 15 is 0 Å². The third-order valence-corrected chi connectivity index (χ3v) is 4.67. The molecule has 0 aromatic carbocycles. The van der Waals surface area contributed by atoms with E-state index in [4.69, 9.17) is 5.73 Å². The number of hydrogen-bond acceptors (Lipinski definition) is 4. The molecule has 0 unspecified atom stereocenters. The largest absolute Gasteiger partial charge is 0.369 e. The van der Waals surface area contributed by atoms with Crippen LogP contribution in [0, 0.1) is 0 Å². The van der Waals surface area contributed by atoms with E-state index in [9.17, 15) is 9.59 Å². The third-order valence-electron chi connectivity index (χ3n) is 3.62. The second-order valence-corrected chi connectivity index (χ2v) is 6.35. The summed E-state index contributed by atoms with van der Waals surface area (Å²) in [6.07, 6.45) is 1.68. The molecule has 1 aromatic heterocycles. The van der Waals surface area contributed by atoms with Gasteiger partial charge in [-0.25, -0.2) is 4.79 Å². The van der Waals surface area contributed by atoms with Gasteiger partial charge in [-0.1, -0.05) is 6.07 Å². The van der Waals surface area contributed by atoms with Crippen molar-refractivity contribution in [3.8, 4) is 0 Å². The first kappa shape index (κ1) is 15.8. The van der Waals surface area contributed by atoms with Gasteiger partial charge in [0.1, 0.15) is 0 Å². The Morgan fingerprint density at radius 3 is 2.76 bits per heavy atom. The summed E-state index contributed by atoms with van der Waals surface area (Å²) < 4.78 is 0. The summed E-state index contributed by atoms with van der Waals surface area (Å²) in [6, 6.07) is 4.02. The van der Waals surface area contributed by atoms with Gasteiger partial charge in [0.2, 0.25) is 5.91 Å². The Morgan fingerprint density at radius 1 is 1.48 bits per heavy atom. The Kier molecular flexibility index (Phi) is 5.58. The van der Waals surface area contributed by atoms with Gasteiger partial charge in [-0.2, -0.15) is 0 Å². The molecule has 2 rings (SSSR count). The summed E-state index contributed by atoms with van der Waals surface area (Å²) in [4.78, 5) is 26.0. The molecule has 1 aliphatic heterocycles. The number of carbonyl (C=O) groups excluding carboxylic acids is 2. The molecule has 4 N–H and O–H groups in total. The maximum Gasteiger partial charge on any atom is 0.315 e. The predicted molar refractivity (Wildman–Crippen MR) is 83.1 cm³/mol. The van der Waals surface area contributed by atoms with Crippen LogP contribution >= 0.6 is 11.3 Å². The summed E-state index contributed by atoms with van der Waals surface area (Å²) >= 11 is 1.63. The van der Waals surface area contributed by atoms with E-state index in [1.54, 1.807) is 11.3 Å². The number of amides is 3. The van der Waals surface area contributed by atoms with Crippen LogP contribution in [0.25, 0.3) is 0 Å². The maximum absolute atomic E-state index is 12.0. The van der Waals surface area contributed by atoms with Gasteiger partial charge in [-0.15, -0.1) is 11.3 Å². The molecule has 1 aromatic rings. The van der Waals surface area contributed by atoms with E-state index in [1.807, 2.05) is 29.3 Å². The number of urea groups is 1. The van der Waals surface area contributed by atoms with Gasteiger partial charge < -0.3 is 16.4 Å². The zero-order valence-corrected chi connectivity index (χ0v) is 13.0. The maximum atomic E-state index is 12.0. The van der Waals surface area contributed by atoms with Crippen LogP contribution in [0.3, 0.4) is 0 Å². The van der Waals surface area contributed by atoms with Crippen LogP contribution in [0.4, 0.5) is 4.79 Å². The second kappa shape index (κ2) is 7.42. The molecular formula is C14H22N4O2S. The van der Waals surface area contributed by atoms with Gasteiger partial charge in [0.15, 0.2) is 0 Å². The molecule has 0 spiro atoms. The molecule has 1 saturated heterocycles. The number of nitrogens with one attached hydrogen (secondary N) is 2. The Morgan fingerprint density at radius 2 is 2.19 bits per heavy atom. The molecule has 7 heteroatoms. The van der Waals surface area contributed by atoms with Crippen molar-refractivity contribution in [1.29, 1.82) is 0 Å². The van der Waals surface area contributed by atoms with E-state index in [0.717, 1.165) is 30.8 Å². The number of likely N-dealkylation sites (tertiary alicyclic amines) is 1. The molecule has 1 aliphatic rings. The van der Waals surface area contributed by atoms with Crippen molar-refractivity contribution >= 4 is 23.3 Å². The van der Waals surface area contributed by atoms with Gasteiger partial charge in [0.25, 0.3) is 0 Å². The number of hydrogen-bond donors (Lipinski definition) is 3. The fourth-order valence-corrected chi connectivity index (χ4v) is 3.22. The van der Waals surface area contributed by atoms with E-state index < -0.39 is 0 Å². The molecule has 116 valence electrons. The predicted octanol–water partition coefficient (Wildman–Crippen LogP) is 1.06. The summed E-state index contributed by atoms with van der Waals surface area (Å²) in [7, 11) is 0. The van der Waals surface area contributed by atoms with Gasteiger partial charge in [0.05, 0.1) is 12.6 Å². The summed E-state index contributed by atoms with van der Waals surface area (Å²) in [5.74, 6) is -0.302. The zero-order chi connectivity index (χ0) is 15.2. The van der Waals surface area contributed by atoms with Gasteiger partial charge in [-0.3, -0.25) is 9.69 Å². The van der Waals surface area contributed by atoms with E-state index in [2.05, 4.69) is 10.6 Å². The number of nitrogens with zero attached hydrogens (tertiary/aromatic N) is 1. The number of rotatable bonds is 5. The molecule has 0 saturated carbocycles. The SMILES string of the molecule is C[C@@H](NC(=O)NC1CCN(CC(N)=O)CC1)c1cccs1. The molecule has 3 amide bonds. The normalized spacial score (nSPS) is 18.1. The first-order valence-electron chi connectivity index (χ1n) is 7.15. The lowest BCUT2D eigenvalue weighted by molar-refractivity contribution is -0.119. The van der Waals surface area contributed by atoms with Gasteiger partial charge >= 0.3 is 6.03 Å². The lowest BCUT2D eigenvalue weighted by atomic mass is 10.1. The Bertz CT molecular complexity index is 469. The van der Waals surface area contributed by atoms with Gasteiger partial charge in [-0.05, 0) is 31.2 Å². The van der Waals surface area contributed by atoms with Crippen LogP contribution in [-0.4, -0.2) is 42.5 Å². The van der Waals surface area contributed by atoms with Crippen molar-refractivity contribution in [2.24, 2.45) is 5.73 Å². The Hall–Kier alpha value is -1.60. The topological polar surface area (TPSA) is 87.5 Å². The molecule has 0 aliphatic carbocycles. The number of nitrogens with two attached hydrogens (primary N) is 1. The van der Waals surface area contributed by atoms with Crippen LogP contribution in [0.5, 0.6) is 0 Å². The number of carbonyl (C=O) groups is 2. The highest BCUT2D eigenvalue weighted by atomic mass is 32.1. The van der Waals surface area contributed by atoms with Crippen molar-refractivity contribution in [1.82, 2.24) is 15.5 Å². The van der Waals surface area contributed by atoms with E-state index in [1.165, 1.54) is 0 Å². The highest BCUT2D eigenvalue weighted by Gasteiger charge is 2.22. The van der Waals surface area contributed by atoms with Crippen LogP contribution in [-0.2, 0) is 4.79 Å². The van der Waals surface area contributed by atoms with Crippen molar-refractivity contribution in [2.75, 3.05) is 19.6 Å². The molecular weight excluding hydrogens is 288 g/mol. The molecule has 1 atom stereocenters. The minimum Gasteiger partial charge on any atom is -0.369 e. The smallest absolute Gasteiger partial charge is 0.315 e. The number of primary amides is 1. The van der Waals surface area contributed by atoms with Crippen molar-refractivity contribution in [3.05, 3.63) is 22.4 Å². The lowest BCUT2D eigenvalue weighted by Gasteiger charge is -2.31. The number of piperidine rings is 1.